The van der Waals surface area contributed by atoms with Gasteiger partial charge < -0.3 is 9.84 Å². The van der Waals surface area contributed by atoms with Crippen LogP contribution in [0.4, 0.5) is 5.69 Å². The van der Waals surface area contributed by atoms with Gasteiger partial charge in [0.25, 0.3) is 0 Å². The summed E-state index contributed by atoms with van der Waals surface area (Å²) in [4.78, 5) is 11.9. The standard InChI is InChI=1S/C21H22N2O7S2/c1-3-4-13-30-17-9-11-18(12-10-17)32(28,29)23-14-16-7-5-6-8-19(16)22(31(2,26)27)15-20(23)21(24)25/h5-12,20H,13-15H2,1-2H3,(H,24,25). The first-order chi connectivity index (χ1) is 15.1. The molecule has 0 fully saturated rings. The summed E-state index contributed by atoms with van der Waals surface area (Å²) in [6, 6.07) is 10.3. The molecular formula is C21H22N2O7S2. The molecule has 0 saturated carbocycles. The van der Waals surface area contributed by atoms with Crippen LogP contribution in [0.1, 0.15) is 12.5 Å². The van der Waals surface area contributed by atoms with Crippen molar-refractivity contribution < 1.29 is 31.5 Å². The minimum Gasteiger partial charge on any atom is -0.481 e. The van der Waals surface area contributed by atoms with Gasteiger partial charge in [0.15, 0.2) is 0 Å². The van der Waals surface area contributed by atoms with E-state index in [1.807, 2.05) is 0 Å². The number of benzene rings is 2. The predicted molar refractivity (Wildman–Crippen MR) is 118 cm³/mol. The lowest BCUT2D eigenvalue weighted by molar-refractivity contribution is -0.141. The van der Waals surface area contributed by atoms with E-state index in [0.29, 0.717) is 11.3 Å². The summed E-state index contributed by atoms with van der Waals surface area (Å²) < 4.78 is 58.8. The Balaban J connectivity index is 2.04. The average molecular weight is 479 g/mol. The van der Waals surface area contributed by atoms with Gasteiger partial charge in [-0.3, -0.25) is 9.10 Å². The van der Waals surface area contributed by atoms with Crippen LogP contribution in [0.5, 0.6) is 5.75 Å². The van der Waals surface area contributed by atoms with E-state index < -0.39 is 38.6 Å². The fourth-order valence-corrected chi connectivity index (χ4v) is 5.81. The first-order valence-electron chi connectivity index (χ1n) is 9.48. The first-order valence-corrected chi connectivity index (χ1v) is 12.8. The minimum atomic E-state index is -4.29. The Hall–Kier alpha value is -3.07. The van der Waals surface area contributed by atoms with Crippen molar-refractivity contribution in [2.24, 2.45) is 0 Å². The number of fused-ring (bicyclic) bond motifs is 1. The highest BCUT2D eigenvalue weighted by molar-refractivity contribution is 7.92. The molecule has 0 saturated heterocycles. The highest BCUT2D eigenvalue weighted by Gasteiger charge is 2.42. The molecule has 1 atom stereocenters. The van der Waals surface area contributed by atoms with Crippen LogP contribution >= 0.6 is 0 Å². The molecule has 0 radical (unpaired) electrons. The van der Waals surface area contributed by atoms with Crippen LogP contribution in [-0.2, 0) is 31.4 Å². The number of carboxylic acid groups (broad SMARTS) is 1. The van der Waals surface area contributed by atoms with E-state index in [4.69, 9.17) is 4.74 Å². The van der Waals surface area contributed by atoms with Crippen LogP contribution in [-0.4, -0.2) is 57.7 Å². The Morgan fingerprint density at radius 3 is 2.38 bits per heavy atom. The monoisotopic (exact) mass is 478 g/mol. The molecule has 170 valence electrons. The summed E-state index contributed by atoms with van der Waals surface area (Å²) in [5.41, 5.74) is 0.628. The van der Waals surface area contributed by atoms with Gasteiger partial charge in [-0.2, -0.15) is 4.31 Å². The van der Waals surface area contributed by atoms with Gasteiger partial charge in [0.05, 0.1) is 23.4 Å². The van der Waals surface area contributed by atoms with Crippen LogP contribution < -0.4 is 9.04 Å². The molecule has 0 bridgehead atoms. The second kappa shape index (κ2) is 9.20. The molecule has 32 heavy (non-hydrogen) atoms. The van der Waals surface area contributed by atoms with Crippen LogP contribution in [0.15, 0.2) is 53.4 Å². The zero-order valence-electron chi connectivity index (χ0n) is 17.4. The van der Waals surface area contributed by atoms with Gasteiger partial charge in [0, 0.05) is 6.54 Å². The number of hydrogen-bond donors (Lipinski definition) is 1. The molecular weight excluding hydrogens is 456 g/mol. The Morgan fingerprint density at radius 1 is 1.12 bits per heavy atom. The third-order valence-corrected chi connectivity index (χ3v) is 7.89. The van der Waals surface area contributed by atoms with Gasteiger partial charge >= 0.3 is 5.97 Å². The molecule has 1 N–H and O–H groups in total. The first kappa shape index (κ1) is 23.6. The molecule has 2 aromatic rings. The molecule has 11 heteroatoms. The molecule has 9 nitrogen and oxygen atoms in total. The third-order valence-electron chi connectivity index (χ3n) is 4.88. The maximum absolute atomic E-state index is 13.4. The zero-order valence-corrected chi connectivity index (χ0v) is 19.1. The maximum Gasteiger partial charge on any atom is 0.323 e. The number of para-hydroxylation sites is 1. The van der Waals surface area contributed by atoms with Gasteiger partial charge in [-0.15, -0.1) is 5.92 Å². The van der Waals surface area contributed by atoms with Crippen LogP contribution in [0.3, 0.4) is 0 Å². The smallest absolute Gasteiger partial charge is 0.323 e. The van der Waals surface area contributed by atoms with Crippen molar-refractivity contribution in [2.75, 3.05) is 23.7 Å². The topological polar surface area (TPSA) is 121 Å². The van der Waals surface area contributed by atoms with Gasteiger partial charge in [-0.25, -0.2) is 16.8 Å². The number of nitrogens with zero attached hydrogens (tertiary/aromatic N) is 2. The Morgan fingerprint density at radius 2 is 1.78 bits per heavy atom. The summed E-state index contributed by atoms with van der Waals surface area (Å²) in [5.74, 6) is 4.36. The summed E-state index contributed by atoms with van der Waals surface area (Å²) >= 11 is 0. The fourth-order valence-electron chi connectivity index (χ4n) is 3.32. The van der Waals surface area contributed by atoms with Crippen molar-refractivity contribution in [1.82, 2.24) is 4.31 Å². The van der Waals surface area contributed by atoms with Crippen molar-refractivity contribution in [3.63, 3.8) is 0 Å². The molecule has 2 aromatic carbocycles. The fraction of sp³-hybridized carbons (Fsp3) is 0.286. The van der Waals surface area contributed by atoms with E-state index in [2.05, 4.69) is 11.8 Å². The largest absolute Gasteiger partial charge is 0.481 e. The Labute approximate surface area is 187 Å². The van der Waals surface area contributed by atoms with Crippen LogP contribution in [0.25, 0.3) is 0 Å². The Bertz CT molecular complexity index is 1280. The molecule has 1 unspecified atom stereocenters. The molecule has 1 aliphatic heterocycles. The van der Waals surface area contributed by atoms with E-state index >= 15 is 0 Å². The number of anilines is 1. The maximum atomic E-state index is 13.4. The molecule has 0 aromatic heterocycles. The van der Waals surface area contributed by atoms with E-state index in [9.17, 15) is 26.7 Å². The second-order valence-corrected chi connectivity index (χ2v) is 10.8. The Kier molecular flexibility index (Phi) is 6.78. The number of carboxylic acids is 1. The number of hydrogen-bond acceptors (Lipinski definition) is 6. The second-order valence-electron chi connectivity index (χ2n) is 7.01. The van der Waals surface area contributed by atoms with Crippen molar-refractivity contribution in [3.8, 4) is 17.6 Å². The molecule has 0 amide bonds. The van der Waals surface area contributed by atoms with Crippen LogP contribution in [0.2, 0.25) is 0 Å². The normalized spacial score (nSPS) is 16.9. The average Bonchev–Trinajstić information content (AvgIpc) is 2.92. The van der Waals surface area contributed by atoms with Gasteiger partial charge in [-0.1, -0.05) is 24.1 Å². The SMILES string of the molecule is CC#CCOc1ccc(S(=O)(=O)N2Cc3ccccc3N(S(C)(=O)=O)CC2C(=O)O)cc1. The van der Waals surface area contributed by atoms with E-state index in [-0.39, 0.29) is 23.7 Å². The predicted octanol–water partition coefficient (Wildman–Crippen LogP) is 1.51. The number of aliphatic carboxylic acids is 1. The van der Waals surface area contributed by atoms with E-state index in [0.717, 1.165) is 14.9 Å². The lowest BCUT2D eigenvalue weighted by Crippen LogP contribution is -2.50. The lowest BCUT2D eigenvalue weighted by Gasteiger charge is -2.28. The molecule has 0 spiro atoms. The lowest BCUT2D eigenvalue weighted by atomic mass is 10.2. The van der Waals surface area contributed by atoms with Gasteiger partial charge in [-0.05, 0) is 42.8 Å². The summed E-state index contributed by atoms with van der Waals surface area (Å²) in [7, 11) is -8.14. The summed E-state index contributed by atoms with van der Waals surface area (Å²) in [6.07, 6.45) is 0.953. The van der Waals surface area contributed by atoms with Gasteiger partial charge in [0.2, 0.25) is 20.0 Å². The van der Waals surface area contributed by atoms with E-state index in [1.54, 1.807) is 25.1 Å². The van der Waals surface area contributed by atoms with Crippen molar-refractivity contribution in [2.45, 2.75) is 24.4 Å². The highest BCUT2D eigenvalue weighted by atomic mass is 32.2. The number of sulfonamides is 2. The number of ether oxygens (including phenoxy) is 1. The third kappa shape index (κ3) is 4.88. The molecule has 0 aliphatic carbocycles. The molecule has 1 heterocycles. The number of rotatable bonds is 6. The van der Waals surface area contributed by atoms with Crippen molar-refractivity contribution >= 4 is 31.7 Å². The van der Waals surface area contributed by atoms with Crippen molar-refractivity contribution in [3.05, 3.63) is 54.1 Å². The zero-order chi connectivity index (χ0) is 23.5. The summed E-state index contributed by atoms with van der Waals surface area (Å²) in [5, 5.41) is 9.81. The van der Waals surface area contributed by atoms with Gasteiger partial charge in [0.1, 0.15) is 18.4 Å². The minimum absolute atomic E-state index is 0.136. The highest BCUT2D eigenvalue weighted by Crippen LogP contribution is 2.32. The quantitative estimate of drug-likeness (QED) is 0.625. The van der Waals surface area contributed by atoms with E-state index in [1.165, 1.54) is 30.3 Å². The molecule has 3 rings (SSSR count). The number of carbonyl (C=O) groups is 1. The molecule has 1 aliphatic rings. The summed E-state index contributed by atoms with van der Waals surface area (Å²) in [6.45, 7) is 0.962. The van der Waals surface area contributed by atoms with Crippen LogP contribution in [0, 0.1) is 11.8 Å². The van der Waals surface area contributed by atoms with Crippen molar-refractivity contribution in [1.29, 1.82) is 0 Å².